The van der Waals surface area contributed by atoms with Crippen LogP contribution >= 0.6 is 0 Å². The van der Waals surface area contributed by atoms with Gasteiger partial charge < -0.3 is 10.2 Å². The van der Waals surface area contributed by atoms with Crippen molar-refractivity contribution >= 4 is 5.82 Å². The van der Waals surface area contributed by atoms with Crippen molar-refractivity contribution in [1.29, 1.82) is 0 Å². The van der Waals surface area contributed by atoms with Gasteiger partial charge in [-0.1, -0.05) is 6.92 Å². The van der Waals surface area contributed by atoms with Crippen LogP contribution in [0.1, 0.15) is 38.3 Å². The van der Waals surface area contributed by atoms with Gasteiger partial charge in [0, 0.05) is 19.6 Å². The predicted octanol–water partition coefficient (Wildman–Crippen LogP) is 1.97. The van der Waals surface area contributed by atoms with Crippen LogP contribution in [-0.2, 0) is 6.54 Å². The highest BCUT2D eigenvalue weighted by atomic mass is 15.2. The molecule has 1 N–H and O–H groups in total. The standard InChI is InChI=1S/C13H22N4/c1-2-6-14-9-12-10-16-13(11-15-12)17-7-4-3-5-8-17/h10-11,14H,2-9H2,1H3. The highest BCUT2D eigenvalue weighted by Crippen LogP contribution is 2.16. The molecule has 0 aliphatic carbocycles. The van der Waals surface area contributed by atoms with E-state index in [-0.39, 0.29) is 0 Å². The van der Waals surface area contributed by atoms with Crippen LogP contribution < -0.4 is 10.2 Å². The van der Waals surface area contributed by atoms with E-state index in [2.05, 4.69) is 27.1 Å². The van der Waals surface area contributed by atoms with E-state index in [1.165, 1.54) is 19.3 Å². The number of aromatic nitrogens is 2. The Balaban J connectivity index is 1.88. The second-order valence-electron chi connectivity index (χ2n) is 4.59. The fraction of sp³-hybridized carbons (Fsp3) is 0.692. The maximum absolute atomic E-state index is 4.50. The van der Waals surface area contributed by atoms with Crippen molar-refractivity contribution in [3.8, 4) is 0 Å². The molecule has 0 amide bonds. The summed E-state index contributed by atoms with van der Waals surface area (Å²) < 4.78 is 0. The highest BCUT2D eigenvalue weighted by molar-refractivity contribution is 5.36. The van der Waals surface area contributed by atoms with Crippen LogP contribution in [0.4, 0.5) is 5.82 Å². The molecule has 0 saturated carbocycles. The summed E-state index contributed by atoms with van der Waals surface area (Å²) >= 11 is 0. The lowest BCUT2D eigenvalue weighted by atomic mass is 10.1. The molecular formula is C13H22N4. The minimum absolute atomic E-state index is 0.821. The molecule has 1 aliphatic heterocycles. The van der Waals surface area contributed by atoms with Gasteiger partial charge in [-0.15, -0.1) is 0 Å². The van der Waals surface area contributed by atoms with Crippen LogP contribution in [0.5, 0.6) is 0 Å². The van der Waals surface area contributed by atoms with Gasteiger partial charge in [0.1, 0.15) is 5.82 Å². The molecule has 1 saturated heterocycles. The highest BCUT2D eigenvalue weighted by Gasteiger charge is 2.11. The zero-order valence-corrected chi connectivity index (χ0v) is 10.7. The lowest BCUT2D eigenvalue weighted by Gasteiger charge is -2.27. The third-order valence-corrected chi connectivity index (χ3v) is 3.10. The number of rotatable bonds is 5. The minimum atomic E-state index is 0.821. The van der Waals surface area contributed by atoms with Crippen LogP contribution in [0.15, 0.2) is 12.4 Å². The van der Waals surface area contributed by atoms with E-state index in [1.54, 1.807) is 0 Å². The fourth-order valence-electron chi connectivity index (χ4n) is 2.12. The van der Waals surface area contributed by atoms with Crippen molar-refractivity contribution in [2.24, 2.45) is 0 Å². The van der Waals surface area contributed by atoms with Crippen LogP contribution in [0.3, 0.4) is 0 Å². The first kappa shape index (κ1) is 12.3. The number of anilines is 1. The van der Waals surface area contributed by atoms with Crippen LogP contribution in [-0.4, -0.2) is 29.6 Å². The van der Waals surface area contributed by atoms with E-state index in [1.807, 2.05) is 12.4 Å². The molecule has 2 rings (SSSR count). The molecule has 0 bridgehead atoms. The average molecular weight is 234 g/mol. The average Bonchev–Trinajstić information content (AvgIpc) is 2.41. The zero-order valence-electron chi connectivity index (χ0n) is 10.7. The Morgan fingerprint density at radius 1 is 1.18 bits per heavy atom. The third-order valence-electron chi connectivity index (χ3n) is 3.10. The number of nitrogens with zero attached hydrogens (tertiary/aromatic N) is 3. The predicted molar refractivity (Wildman–Crippen MR) is 70.1 cm³/mol. The Hall–Kier alpha value is -1.16. The second kappa shape index (κ2) is 6.55. The van der Waals surface area contributed by atoms with E-state index in [4.69, 9.17) is 0 Å². The van der Waals surface area contributed by atoms with E-state index in [9.17, 15) is 0 Å². The first-order valence-corrected chi connectivity index (χ1v) is 6.66. The van der Waals surface area contributed by atoms with Crippen molar-refractivity contribution in [3.05, 3.63) is 18.1 Å². The Bertz CT molecular complexity index is 317. The lowest BCUT2D eigenvalue weighted by molar-refractivity contribution is 0.572. The topological polar surface area (TPSA) is 41.1 Å². The van der Waals surface area contributed by atoms with Crippen molar-refractivity contribution in [2.75, 3.05) is 24.5 Å². The Kier molecular flexibility index (Phi) is 4.74. The molecule has 4 nitrogen and oxygen atoms in total. The van der Waals surface area contributed by atoms with Gasteiger partial charge in [0.15, 0.2) is 0 Å². The molecule has 1 fully saturated rings. The molecule has 4 heteroatoms. The molecule has 1 aromatic heterocycles. The summed E-state index contributed by atoms with van der Waals surface area (Å²) in [5.41, 5.74) is 1.03. The number of hydrogen-bond acceptors (Lipinski definition) is 4. The first-order valence-electron chi connectivity index (χ1n) is 6.66. The van der Waals surface area contributed by atoms with Crippen molar-refractivity contribution in [3.63, 3.8) is 0 Å². The Morgan fingerprint density at radius 3 is 2.65 bits per heavy atom. The summed E-state index contributed by atoms with van der Waals surface area (Å²) in [4.78, 5) is 11.3. The summed E-state index contributed by atoms with van der Waals surface area (Å²) in [6.45, 7) is 6.28. The lowest BCUT2D eigenvalue weighted by Crippen LogP contribution is -2.30. The monoisotopic (exact) mass is 234 g/mol. The van der Waals surface area contributed by atoms with E-state index in [0.29, 0.717) is 0 Å². The van der Waals surface area contributed by atoms with Crippen LogP contribution in [0.2, 0.25) is 0 Å². The summed E-state index contributed by atoms with van der Waals surface area (Å²) in [5.74, 6) is 1.03. The van der Waals surface area contributed by atoms with Gasteiger partial charge in [-0.2, -0.15) is 0 Å². The smallest absolute Gasteiger partial charge is 0.147 e. The summed E-state index contributed by atoms with van der Waals surface area (Å²) in [6.07, 6.45) is 8.87. The van der Waals surface area contributed by atoms with Gasteiger partial charge in [0.25, 0.3) is 0 Å². The largest absolute Gasteiger partial charge is 0.355 e. The van der Waals surface area contributed by atoms with E-state index in [0.717, 1.165) is 44.1 Å². The van der Waals surface area contributed by atoms with Gasteiger partial charge >= 0.3 is 0 Å². The van der Waals surface area contributed by atoms with Gasteiger partial charge in [-0.05, 0) is 32.2 Å². The van der Waals surface area contributed by atoms with E-state index >= 15 is 0 Å². The maximum Gasteiger partial charge on any atom is 0.147 e. The van der Waals surface area contributed by atoms with Gasteiger partial charge in [0.2, 0.25) is 0 Å². The SMILES string of the molecule is CCCNCc1cnc(N2CCCCC2)cn1. The number of piperidine rings is 1. The van der Waals surface area contributed by atoms with Crippen molar-refractivity contribution in [2.45, 2.75) is 39.2 Å². The molecular weight excluding hydrogens is 212 g/mol. The van der Waals surface area contributed by atoms with E-state index < -0.39 is 0 Å². The molecule has 1 aliphatic rings. The maximum atomic E-state index is 4.50. The number of nitrogens with one attached hydrogen (secondary N) is 1. The quantitative estimate of drug-likeness (QED) is 0.791. The number of hydrogen-bond donors (Lipinski definition) is 1. The molecule has 17 heavy (non-hydrogen) atoms. The molecule has 0 unspecified atom stereocenters. The molecule has 94 valence electrons. The summed E-state index contributed by atoms with van der Waals surface area (Å²) in [6, 6.07) is 0. The normalized spacial score (nSPS) is 16.2. The Morgan fingerprint density at radius 2 is 2.00 bits per heavy atom. The second-order valence-corrected chi connectivity index (χ2v) is 4.59. The molecule has 2 heterocycles. The van der Waals surface area contributed by atoms with Gasteiger partial charge in [-0.25, -0.2) is 4.98 Å². The molecule has 0 radical (unpaired) electrons. The molecule has 0 atom stereocenters. The van der Waals surface area contributed by atoms with Crippen molar-refractivity contribution in [1.82, 2.24) is 15.3 Å². The van der Waals surface area contributed by atoms with Crippen molar-refractivity contribution < 1.29 is 0 Å². The van der Waals surface area contributed by atoms with Gasteiger partial charge in [-0.3, -0.25) is 4.98 Å². The fourth-order valence-corrected chi connectivity index (χ4v) is 2.12. The molecule has 0 aromatic carbocycles. The molecule has 1 aromatic rings. The molecule has 0 spiro atoms. The van der Waals surface area contributed by atoms with Gasteiger partial charge in [0.05, 0.1) is 18.1 Å². The minimum Gasteiger partial charge on any atom is -0.355 e. The van der Waals surface area contributed by atoms with Crippen LogP contribution in [0.25, 0.3) is 0 Å². The van der Waals surface area contributed by atoms with Crippen LogP contribution in [0, 0.1) is 0 Å². The first-order chi connectivity index (χ1) is 8.40. The summed E-state index contributed by atoms with van der Waals surface area (Å²) in [5, 5.41) is 3.33. The Labute approximate surface area is 103 Å². The third kappa shape index (κ3) is 3.66. The summed E-state index contributed by atoms with van der Waals surface area (Å²) in [7, 11) is 0. The zero-order chi connectivity index (χ0) is 11.9.